The number of anilines is 1. The van der Waals surface area contributed by atoms with E-state index < -0.39 is 5.91 Å². The lowest BCUT2D eigenvalue weighted by atomic mass is 10.3. The molecule has 0 atom stereocenters. The maximum absolute atomic E-state index is 12.3. The molecule has 1 aromatic rings. The Morgan fingerprint density at radius 1 is 1.50 bits per heavy atom. The second-order valence-corrected chi connectivity index (χ2v) is 4.58. The van der Waals surface area contributed by atoms with E-state index in [2.05, 4.69) is 0 Å². The molecule has 6 heteroatoms. The molecule has 1 fully saturated rings. The molecule has 1 aliphatic rings. The molecule has 4 N–H and O–H groups in total. The molecule has 98 valence electrons. The second kappa shape index (κ2) is 4.72. The largest absolute Gasteiger partial charge is 0.397 e. The summed E-state index contributed by atoms with van der Waals surface area (Å²) in [6.45, 7) is 2.19. The maximum Gasteiger partial charge on any atom is 0.271 e. The van der Waals surface area contributed by atoms with Gasteiger partial charge in [0, 0.05) is 18.8 Å². The molecule has 18 heavy (non-hydrogen) atoms. The van der Waals surface area contributed by atoms with E-state index >= 15 is 0 Å². The van der Waals surface area contributed by atoms with Gasteiger partial charge in [0.1, 0.15) is 5.69 Å². The van der Waals surface area contributed by atoms with Crippen molar-refractivity contribution in [2.75, 3.05) is 18.8 Å². The highest BCUT2D eigenvalue weighted by Crippen LogP contribution is 2.37. The van der Waals surface area contributed by atoms with E-state index in [1.54, 1.807) is 12.3 Å². The van der Waals surface area contributed by atoms with Crippen LogP contribution in [0.5, 0.6) is 0 Å². The molecule has 2 amide bonds. The van der Waals surface area contributed by atoms with Gasteiger partial charge < -0.3 is 20.9 Å². The third-order valence-corrected chi connectivity index (χ3v) is 3.04. The molecule has 0 aliphatic heterocycles. The van der Waals surface area contributed by atoms with Gasteiger partial charge >= 0.3 is 0 Å². The van der Waals surface area contributed by atoms with Crippen LogP contribution in [0.25, 0.3) is 0 Å². The molecule has 2 rings (SSSR count). The Balaban J connectivity index is 2.23. The Morgan fingerprint density at radius 3 is 2.67 bits per heavy atom. The SMILES string of the molecule is CCN(CC(N)=O)C(=O)c1cc(N)cn1C1CC1. The summed E-state index contributed by atoms with van der Waals surface area (Å²) in [5, 5.41) is 0. The summed E-state index contributed by atoms with van der Waals surface area (Å²) in [5.41, 5.74) is 12.0. The van der Waals surface area contributed by atoms with Crippen LogP contribution < -0.4 is 11.5 Å². The van der Waals surface area contributed by atoms with Crippen LogP contribution in [-0.4, -0.2) is 34.4 Å². The van der Waals surface area contributed by atoms with Crippen LogP contribution in [-0.2, 0) is 4.79 Å². The maximum atomic E-state index is 12.3. The number of carbonyl (C=O) groups is 2. The first-order valence-electron chi connectivity index (χ1n) is 6.07. The number of aromatic nitrogens is 1. The lowest BCUT2D eigenvalue weighted by Gasteiger charge is -2.19. The van der Waals surface area contributed by atoms with E-state index in [1.165, 1.54) is 4.90 Å². The third-order valence-electron chi connectivity index (χ3n) is 3.04. The second-order valence-electron chi connectivity index (χ2n) is 4.58. The summed E-state index contributed by atoms with van der Waals surface area (Å²) >= 11 is 0. The molecule has 0 spiro atoms. The molecule has 0 saturated heterocycles. The predicted molar refractivity (Wildman–Crippen MR) is 67.9 cm³/mol. The normalized spacial score (nSPS) is 14.5. The minimum absolute atomic E-state index is 0.0644. The first-order valence-corrected chi connectivity index (χ1v) is 6.07. The van der Waals surface area contributed by atoms with Gasteiger partial charge in [-0.05, 0) is 25.8 Å². The molecule has 0 radical (unpaired) electrons. The minimum atomic E-state index is -0.511. The van der Waals surface area contributed by atoms with Crippen LogP contribution in [0.1, 0.15) is 36.3 Å². The molecular formula is C12H18N4O2. The van der Waals surface area contributed by atoms with E-state index in [0.717, 1.165) is 12.8 Å². The molecule has 6 nitrogen and oxygen atoms in total. The molecule has 0 unspecified atom stereocenters. The fraction of sp³-hybridized carbons (Fsp3) is 0.500. The fourth-order valence-corrected chi connectivity index (χ4v) is 2.00. The summed E-state index contributed by atoms with van der Waals surface area (Å²) in [4.78, 5) is 24.7. The Bertz CT molecular complexity index is 476. The van der Waals surface area contributed by atoms with Crippen molar-refractivity contribution in [2.45, 2.75) is 25.8 Å². The van der Waals surface area contributed by atoms with E-state index in [-0.39, 0.29) is 12.5 Å². The van der Waals surface area contributed by atoms with Gasteiger partial charge in [0.25, 0.3) is 5.91 Å². The van der Waals surface area contributed by atoms with Gasteiger partial charge in [0.05, 0.1) is 12.2 Å². The number of nitrogen functional groups attached to an aromatic ring is 1. The summed E-state index contributed by atoms with van der Waals surface area (Å²) in [6.07, 6.45) is 3.91. The Morgan fingerprint density at radius 2 is 2.17 bits per heavy atom. The minimum Gasteiger partial charge on any atom is -0.397 e. The first kappa shape index (κ1) is 12.5. The van der Waals surface area contributed by atoms with Gasteiger partial charge in [-0.3, -0.25) is 9.59 Å². The van der Waals surface area contributed by atoms with Crippen molar-refractivity contribution in [2.24, 2.45) is 5.73 Å². The topological polar surface area (TPSA) is 94.3 Å². The fourth-order valence-electron chi connectivity index (χ4n) is 2.00. The van der Waals surface area contributed by atoms with Crippen molar-refractivity contribution >= 4 is 17.5 Å². The average molecular weight is 250 g/mol. The van der Waals surface area contributed by atoms with Gasteiger partial charge in [-0.1, -0.05) is 0 Å². The highest BCUT2D eigenvalue weighted by molar-refractivity contribution is 5.96. The molecule has 1 heterocycles. The number of hydrogen-bond donors (Lipinski definition) is 2. The molecule has 1 saturated carbocycles. The van der Waals surface area contributed by atoms with Crippen LogP contribution >= 0.6 is 0 Å². The summed E-state index contributed by atoms with van der Waals surface area (Å²) in [7, 11) is 0. The van der Waals surface area contributed by atoms with Crippen molar-refractivity contribution in [3.63, 3.8) is 0 Å². The number of hydrogen-bond acceptors (Lipinski definition) is 3. The zero-order valence-corrected chi connectivity index (χ0v) is 10.4. The smallest absolute Gasteiger partial charge is 0.271 e. The number of nitrogens with zero attached hydrogens (tertiary/aromatic N) is 2. The van der Waals surface area contributed by atoms with Gasteiger partial charge in [0.15, 0.2) is 0 Å². The van der Waals surface area contributed by atoms with Crippen LogP contribution in [0.3, 0.4) is 0 Å². The highest BCUT2D eigenvalue weighted by atomic mass is 16.2. The van der Waals surface area contributed by atoms with Gasteiger partial charge in [-0.15, -0.1) is 0 Å². The number of nitrogens with two attached hydrogens (primary N) is 2. The average Bonchev–Trinajstić information content (AvgIpc) is 3.08. The summed E-state index contributed by atoms with van der Waals surface area (Å²) in [6, 6.07) is 2.03. The van der Waals surface area contributed by atoms with Gasteiger partial charge in [-0.25, -0.2) is 0 Å². The van der Waals surface area contributed by atoms with Gasteiger partial charge in [0.2, 0.25) is 5.91 Å². The highest BCUT2D eigenvalue weighted by Gasteiger charge is 2.29. The first-order chi connectivity index (χ1) is 8.52. The summed E-state index contributed by atoms with van der Waals surface area (Å²) < 4.78 is 1.90. The van der Waals surface area contributed by atoms with Crippen molar-refractivity contribution in [1.29, 1.82) is 0 Å². The Hall–Kier alpha value is -1.98. The molecule has 1 aliphatic carbocycles. The van der Waals surface area contributed by atoms with Crippen molar-refractivity contribution in [3.05, 3.63) is 18.0 Å². The van der Waals surface area contributed by atoms with Crippen LogP contribution in [0.15, 0.2) is 12.3 Å². The van der Waals surface area contributed by atoms with Crippen molar-refractivity contribution < 1.29 is 9.59 Å². The zero-order valence-electron chi connectivity index (χ0n) is 10.4. The lowest BCUT2D eigenvalue weighted by Crippen LogP contribution is -2.39. The predicted octanol–water partition coefficient (Wildman–Crippen LogP) is 0.353. The van der Waals surface area contributed by atoms with Crippen LogP contribution in [0, 0.1) is 0 Å². The molecular weight excluding hydrogens is 232 g/mol. The quantitative estimate of drug-likeness (QED) is 0.789. The molecule has 0 aromatic carbocycles. The lowest BCUT2D eigenvalue weighted by molar-refractivity contribution is -0.118. The van der Waals surface area contributed by atoms with E-state index in [1.807, 2.05) is 11.5 Å². The Kier molecular flexibility index (Phi) is 3.27. The number of amides is 2. The Labute approximate surface area is 106 Å². The van der Waals surface area contributed by atoms with Crippen LogP contribution in [0.4, 0.5) is 5.69 Å². The van der Waals surface area contributed by atoms with Crippen LogP contribution in [0.2, 0.25) is 0 Å². The van der Waals surface area contributed by atoms with E-state index in [4.69, 9.17) is 11.5 Å². The van der Waals surface area contributed by atoms with Crippen molar-refractivity contribution in [1.82, 2.24) is 9.47 Å². The molecule has 1 aromatic heterocycles. The monoisotopic (exact) mass is 250 g/mol. The number of rotatable bonds is 5. The third kappa shape index (κ3) is 2.47. The number of primary amides is 1. The number of likely N-dealkylation sites (N-methyl/N-ethyl adjacent to an activating group) is 1. The zero-order chi connectivity index (χ0) is 13.3. The number of carbonyl (C=O) groups excluding carboxylic acids is 2. The molecule has 0 bridgehead atoms. The summed E-state index contributed by atoms with van der Waals surface area (Å²) in [5.74, 6) is -0.706. The standard InChI is InChI=1S/C12H18N4O2/c1-2-15(7-11(14)17)12(18)10-5-8(13)6-16(10)9-3-4-9/h5-6,9H,2-4,7,13H2,1H3,(H2,14,17). The van der Waals surface area contributed by atoms with Gasteiger partial charge in [-0.2, -0.15) is 0 Å². The van der Waals surface area contributed by atoms with Crippen molar-refractivity contribution in [3.8, 4) is 0 Å². The van der Waals surface area contributed by atoms with E-state index in [0.29, 0.717) is 24.0 Å². The van der Waals surface area contributed by atoms with E-state index in [9.17, 15) is 9.59 Å².